The van der Waals surface area contributed by atoms with Gasteiger partial charge in [-0.05, 0) is 6.42 Å². The molecule has 0 radical (unpaired) electrons. The molecule has 1 amide bonds. The zero-order valence-corrected chi connectivity index (χ0v) is 12.8. The van der Waals surface area contributed by atoms with E-state index in [-0.39, 0.29) is 23.2 Å². The molecule has 1 aromatic heterocycles. The first-order valence-electron chi connectivity index (χ1n) is 7.86. The van der Waals surface area contributed by atoms with Crippen LogP contribution in [0.15, 0.2) is 17.2 Å². The van der Waals surface area contributed by atoms with Crippen LogP contribution in [-0.2, 0) is 4.74 Å². The standard InChI is InChI=1S/C15H22N4O3/c1-2-3-11-9-22-10-12-8-18(4-5-19(11)12)15(21)13-6-17-14(20)7-16-13/h6-7,11-12H,2-5,8-10H2,1H3,(H,17,20)/t11-,12+/m0/s1. The Morgan fingerprint density at radius 2 is 2.32 bits per heavy atom. The summed E-state index contributed by atoms with van der Waals surface area (Å²) in [6.45, 7) is 5.86. The highest BCUT2D eigenvalue weighted by molar-refractivity contribution is 5.92. The van der Waals surface area contributed by atoms with Crippen LogP contribution < -0.4 is 5.56 Å². The van der Waals surface area contributed by atoms with Crippen LogP contribution in [0.1, 0.15) is 30.3 Å². The van der Waals surface area contributed by atoms with Gasteiger partial charge in [-0.2, -0.15) is 0 Å². The summed E-state index contributed by atoms with van der Waals surface area (Å²) in [5, 5.41) is 0. The first kappa shape index (κ1) is 15.2. The third-order valence-corrected chi connectivity index (χ3v) is 4.42. The van der Waals surface area contributed by atoms with Crippen LogP contribution in [0.5, 0.6) is 0 Å². The third-order valence-electron chi connectivity index (χ3n) is 4.42. The van der Waals surface area contributed by atoms with E-state index in [1.54, 1.807) is 4.90 Å². The molecule has 3 rings (SSSR count). The van der Waals surface area contributed by atoms with Gasteiger partial charge < -0.3 is 14.6 Å². The van der Waals surface area contributed by atoms with Crippen LogP contribution in [0, 0.1) is 0 Å². The molecule has 2 fully saturated rings. The number of hydrogen-bond acceptors (Lipinski definition) is 5. The van der Waals surface area contributed by atoms with E-state index in [4.69, 9.17) is 4.74 Å². The van der Waals surface area contributed by atoms with Crippen molar-refractivity contribution in [3.05, 3.63) is 28.4 Å². The SMILES string of the molecule is CCC[C@H]1COC[C@H]2CN(C(=O)c3c[nH]c(=O)cn3)CCN12. The Morgan fingerprint density at radius 3 is 3.05 bits per heavy atom. The first-order valence-corrected chi connectivity index (χ1v) is 7.86. The topological polar surface area (TPSA) is 78.5 Å². The number of amides is 1. The second-order valence-electron chi connectivity index (χ2n) is 5.92. The molecule has 0 aliphatic carbocycles. The number of H-pyrrole nitrogens is 1. The molecule has 0 saturated carbocycles. The van der Waals surface area contributed by atoms with Crippen LogP contribution in [0.4, 0.5) is 0 Å². The number of morpholine rings is 1. The van der Waals surface area contributed by atoms with Crippen molar-refractivity contribution < 1.29 is 9.53 Å². The summed E-state index contributed by atoms with van der Waals surface area (Å²) in [4.78, 5) is 34.2. The molecule has 1 aromatic rings. The Kier molecular flexibility index (Phi) is 4.54. The number of aromatic amines is 1. The Morgan fingerprint density at radius 1 is 1.45 bits per heavy atom. The Balaban J connectivity index is 1.67. The molecule has 0 bridgehead atoms. The molecule has 1 N–H and O–H groups in total. The molecule has 0 spiro atoms. The number of piperazine rings is 1. The molecule has 3 heterocycles. The summed E-state index contributed by atoms with van der Waals surface area (Å²) in [5.41, 5.74) is -0.0145. The number of hydrogen-bond donors (Lipinski definition) is 1. The lowest BCUT2D eigenvalue weighted by Gasteiger charge is -2.47. The van der Waals surface area contributed by atoms with Crippen molar-refractivity contribution in [1.82, 2.24) is 19.8 Å². The molecule has 22 heavy (non-hydrogen) atoms. The molecule has 2 saturated heterocycles. The summed E-state index contributed by atoms with van der Waals surface area (Å²) in [5.74, 6) is -0.131. The van der Waals surface area contributed by atoms with Crippen LogP contribution in [-0.4, -0.2) is 70.6 Å². The largest absolute Gasteiger partial charge is 0.378 e. The maximum absolute atomic E-state index is 12.5. The number of carbonyl (C=O) groups is 1. The Labute approximate surface area is 129 Å². The summed E-state index contributed by atoms with van der Waals surface area (Å²) in [7, 11) is 0. The second-order valence-corrected chi connectivity index (χ2v) is 5.92. The third kappa shape index (κ3) is 3.05. The van der Waals surface area contributed by atoms with E-state index in [0.29, 0.717) is 25.7 Å². The molecule has 0 aromatic carbocycles. The van der Waals surface area contributed by atoms with Gasteiger partial charge in [0.1, 0.15) is 5.69 Å². The van der Waals surface area contributed by atoms with Crippen molar-refractivity contribution in [3.63, 3.8) is 0 Å². The quantitative estimate of drug-likeness (QED) is 0.856. The molecule has 7 heteroatoms. The predicted octanol–water partition coefficient (Wildman–Crippen LogP) is 0.0952. The fourth-order valence-electron chi connectivity index (χ4n) is 3.32. The van der Waals surface area contributed by atoms with Crippen molar-refractivity contribution in [1.29, 1.82) is 0 Å². The van der Waals surface area contributed by atoms with Crippen molar-refractivity contribution in [2.45, 2.75) is 31.8 Å². The van der Waals surface area contributed by atoms with Crippen LogP contribution in [0.3, 0.4) is 0 Å². The van der Waals surface area contributed by atoms with Crippen LogP contribution in [0.25, 0.3) is 0 Å². The molecular weight excluding hydrogens is 284 g/mol. The van der Waals surface area contributed by atoms with Crippen molar-refractivity contribution in [2.24, 2.45) is 0 Å². The number of rotatable bonds is 3. The van der Waals surface area contributed by atoms with Crippen molar-refractivity contribution >= 4 is 5.91 Å². The number of aromatic nitrogens is 2. The molecule has 120 valence electrons. The van der Waals surface area contributed by atoms with E-state index in [0.717, 1.165) is 32.2 Å². The number of fused-ring (bicyclic) bond motifs is 1. The van der Waals surface area contributed by atoms with Crippen molar-refractivity contribution in [2.75, 3.05) is 32.8 Å². The normalized spacial score (nSPS) is 25.8. The highest BCUT2D eigenvalue weighted by atomic mass is 16.5. The minimum absolute atomic E-state index is 0.131. The van der Waals surface area contributed by atoms with Gasteiger partial charge in [-0.25, -0.2) is 4.98 Å². The molecule has 2 atom stereocenters. The van der Waals surface area contributed by atoms with Gasteiger partial charge in [-0.1, -0.05) is 13.3 Å². The van der Waals surface area contributed by atoms with E-state index < -0.39 is 0 Å². The fourth-order valence-corrected chi connectivity index (χ4v) is 3.32. The molecular formula is C15H22N4O3. The molecule has 2 aliphatic rings. The zero-order valence-electron chi connectivity index (χ0n) is 12.8. The van der Waals surface area contributed by atoms with Gasteiger partial charge in [0.05, 0.1) is 25.5 Å². The van der Waals surface area contributed by atoms with Gasteiger partial charge in [0.25, 0.3) is 11.5 Å². The number of nitrogens with one attached hydrogen (secondary N) is 1. The fraction of sp³-hybridized carbons (Fsp3) is 0.667. The van der Waals surface area contributed by atoms with Gasteiger partial charge in [-0.15, -0.1) is 0 Å². The summed E-state index contributed by atoms with van der Waals surface area (Å²) < 4.78 is 5.71. The molecule has 0 unspecified atom stereocenters. The van der Waals surface area contributed by atoms with Crippen LogP contribution in [0.2, 0.25) is 0 Å². The van der Waals surface area contributed by atoms with E-state index in [1.807, 2.05) is 0 Å². The van der Waals surface area contributed by atoms with Crippen LogP contribution >= 0.6 is 0 Å². The average Bonchev–Trinajstić information content (AvgIpc) is 2.55. The first-order chi connectivity index (χ1) is 10.7. The monoisotopic (exact) mass is 306 g/mol. The number of carbonyl (C=O) groups excluding carboxylic acids is 1. The smallest absolute Gasteiger partial charge is 0.274 e. The lowest BCUT2D eigenvalue weighted by atomic mass is 10.0. The van der Waals surface area contributed by atoms with Gasteiger partial charge in [0.15, 0.2) is 0 Å². The predicted molar refractivity (Wildman–Crippen MR) is 80.8 cm³/mol. The van der Waals surface area contributed by atoms with Gasteiger partial charge in [0.2, 0.25) is 0 Å². The lowest BCUT2D eigenvalue weighted by Crippen LogP contribution is -2.62. The highest BCUT2D eigenvalue weighted by Gasteiger charge is 2.36. The summed E-state index contributed by atoms with van der Waals surface area (Å²) in [6.07, 6.45) is 4.80. The van der Waals surface area contributed by atoms with Gasteiger partial charge in [0, 0.05) is 31.9 Å². The van der Waals surface area contributed by atoms with E-state index in [2.05, 4.69) is 21.8 Å². The maximum Gasteiger partial charge on any atom is 0.274 e. The highest BCUT2D eigenvalue weighted by Crippen LogP contribution is 2.22. The number of nitrogens with zero attached hydrogens (tertiary/aromatic N) is 3. The van der Waals surface area contributed by atoms with E-state index in [9.17, 15) is 9.59 Å². The average molecular weight is 306 g/mol. The van der Waals surface area contributed by atoms with E-state index >= 15 is 0 Å². The van der Waals surface area contributed by atoms with Gasteiger partial charge >= 0.3 is 0 Å². The minimum atomic E-state index is -0.301. The number of ether oxygens (including phenoxy) is 1. The Hall–Kier alpha value is -1.73. The zero-order chi connectivity index (χ0) is 15.5. The molecule has 7 nitrogen and oxygen atoms in total. The Bertz CT molecular complexity index is 566. The lowest BCUT2D eigenvalue weighted by molar-refractivity contribution is -0.0777. The second kappa shape index (κ2) is 6.58. The summed E-state index contributed by atoms with van der Waals surface area (Å²) in [6, 6.07) is 0.720. The minimum Gasteiger partial charge on any atom is -0.378 e. The summed E-state index contributed by atoms with van der Waals surface area (Å²) >= 11 is 0. The van der Waals surface area contributed by atoms with Gasteiger partial charge in [-0.3, -0.25) is 14.5 Å². The molecule has 2 aliphatic heterocycles. The maximum atomic E-state index is 12.5. The van der Waals surface area contributed by atoms with Crippen molar-refractivity contribution in [3.8, 4) is 0 Å². The van der Waals surface area contributed by atoms with E-state index in [1.165, 1.54) is 6.20 Å².